The maximum absolute atomic E-state index is 9.83. The number of fused-ring (bicyclic) bond motifs is 1. The van der Waals surface area contributed by atoms with Gasteiger partial charge in [0.25, 0.3) is 0 Å². The predicted molar refractivity (Wildman–Crippen MR) is 69.2 cm³/mol. The Morgan fingerprint density at radius 3 is 2.65 bits per heavy atom. The molecule has 0 radical (unpaired) electrons. The Balaban J connectivity index is 2.03. The van der Waals surface area contributed by atoms with E-state index in [9.17, 15) is 5.11 Å². The van der Waals surface area contributed by atoms with E-state index in [2.05, 4.69) is 17.1 Å². The van der Waals surface area contributed by atoms with E-state index in [4.69, 9.17) is 0 Å². The number of aromatic hydroxyl groups is 1. The van der Waals surface area contributed by atoms with Crippen LogP contribution in [-0.4, -0.2) is 10.1 Å². The Labute approximate surface area is 101 Å². The quantitative estimate of drug-likeness (QED) is 0.799. The molecule has 0 aliphatic heterocycles. The largest absolute Gasteiger partial charge is 0.506 e. The second-order valence-electron chi connectivity index (χ2n) is 4.92. The van der Waals surface area contributed by atoms with Gasteiger partial charge in [0.1, 0.15) is 11.3 Å². The molecule has 0 unspecified atom stereocenters. The average molecular weight is 227 g/mol. The number of phenolic OH excluding ortho intramolecular Hbond substituents is 1. The molecule has 1 aromatic heterocycles. The van der Waals surface area contributed by atoms with E-state index in [-0.39, 0.29) is 0 Å². The van der Waals surface area contributed by atoms with Crippen molar-refractivity contribution in [1.29, 1.82) is 0 Å². The molecule has 1 N–H and O–H groups in total. The van der Waals surface area contributed by atoms with Gasteiger partial charge in [0.2, 0.25) is 0 Å². The third-order valence-electron chi connectivity index (χ3n) is 3.74. The number of hydrogen-bond donors (Lipinski definition) is 1. The van der Waals surface area contributed by atoms with Crippen molar-refractivity contribution in [2.75, 3.05) is 0 Å². The van der Waals surface area contributed by atoms with Gasteiger partial charge >= 0.3 is 0 Å². The number of nitrogens with zero attached hydrogens (tertiary/aromatic N) is 1. The Morgan fingerprint density at radius 1 is 1.00 bits per heavy atom. The van der Waals surface area contributed by atoms with Crippen LogP contribution in [-0.2, 0) is 0 Å². The summed E-state index contributed by atoms with van der Waals surface area (Å²) in [6.07, 6.45) is 6.46. The van der Waals surface area contributed by atoms with Gasteiger partial charge < -0.3 is 5.11 Å². The van der Waals surface area contributed by atoms with Crippen LogP contribution in [0.25, 0.3) is 10.9 Å². The third-order valence-corrected chi connectivity index (χ3v) is 3.74. The molecule has 0 bridgehead atoms. The number of benzene rings is 1. The summed E-state index contributed by atoms with van der Waals surface area (Å²) in [4.78, 5) is 4.65. The van der Waals surface area contributed by atoms with Crippen molar-refractivity contribution in [3.8, 4) is 5.75 Å². The number of hydrogen-bond acceptors (Lipinski definition) is 2. The van der Waals surface area contributed by atoms with Gasteiger partial charge in [-0.05, 0) is 25.0 Å². The minimum atomic E-state index is 0.292. The minimum absolute atomic E-state index is 0.292. The first-order valence-electron chi connectivity index (χ1n) is 6.43. The molecular weight excluding hydrogens is 210 g/mol. The number of pyridine rings is 1. The van der Waals surface area contributed by atoms with E-state index in [1.807, 2.05) is 12.1 Å². The van der Waals surface area contributed by atoms with Crippen LogP contribution in [0.1, 0.15) is 43.7 Å². The summed E-state index contributed by atoms with van der Waals surface area (Å²) >= 11 is 0. The summed E-state index contributed by atoms with van der Waals surface area (Å²) in [6, 6.07) is 9.76. The minimum Gasteiger partial charge on any atom is -0.506 e. The Kier molecular flexibility index (Phi) is 2.71. The maximum Gasteiger partial charge on any atom is 0.141 e. The second-order valence-corrected chi connectivity index (χ2v) is 4.92. The lowest BCUT2D eigenvalue weighted by Crippen LogP contribution is -2.06. The first kappa shape index (κ1) is 10.6. The summed E-state index contributed by atoms with van der Waals surface area (Å²) in [5, 5.41) is 10.8. The zero-order valence-corrected chi connectivity index (χ0v) is 9.89. The highest BCUT2D eigenvalue weighted by Gasteiger charge is 2.17. The van der Waals surface area contributed by atoms with E-state index in [0.717, 1.165) is 16.6 Å². The normalized spacial score (nSPS) is 17.4. The molecule has 2 heteroatoms. The van der Waals surface area contributed by atoms with Crippen LogP contribution < -0.4 is 0 Å². The molecule has 17 heavy (non-hydrogen) atoms. The first-order valence-corrected chi connectivity index (χ1v) is 6.43. The second kappa shape index (κ2) is 4.36. The summed E-state index contributed by atoms with van der Waals surface area (Å²) in [6.45, 7) is 0. The zero-order valence-electron chi connectivity index (χ0n) is 9.89. The molecule has 0 saturated heterocycles. The summed E-state index contributed by atoms with van der Waals surface area (Å²) in [5.74, 6) is 0.882. The van der Waals surface area contributed by atoms with Crippen molar-refractivity contribution in [3.05, 3.63) is 36.0 Å². The molecule has 1 aromatic carbocycles. The highest BCUT2D eigenvalue weighted by atomic mass is 16.3. The summed E-state index contributed by atoms with van der Waals surface area (Å²) in [5.41, 5.74) is 1.90. The molecule has 1 saturated carbocycles. The lowest BCUT2D eigenvalue weighted by Gasteiger charge is -2.21. The highest BCUT2D eigenvalue weighted by molar-refractivity contribution is 5.84. The lowest BCUT2D eigenvalue weighted by atomic mass is 9.86. The number of para-hydroxylation sites is 1. The maximum atomic E-state index is 9.83. The van der Waals surface area contributed by atoms with Gasteiger partial charge in [-0.15, -0.1) is 0 Å². The molecule has 1 fully saturated rings. The van der Waals surface area contributed by atoms with Gasteiger partial charge in [0, 0.05) is 17.0 Å². The zero-order chi connectivity index (χ0) is 11.7. The molecule has 1 aliphatic carbocycles. The lowest BCUT2D eigenvalue weighted by molar-refractivity contribution is 0.436. The van der Waals surface area contributed by atoms with Gasteiger partial charge in [0.05, 0.1) is 0 Å². The van der Waals surface area contributed by atoms with Crippen LogP contribution in [0.15, 0.2) is 30.3 Å². The van der Waals surface area contributed by atoms with E-state index >= 15 is 0 Å². The SMILES string of the molecule is Oc1cccc2ccc(C3CCCCC3)nc12. The Morgan fingerprint density at radius 2 is 1.82 bits per heavy atom. The van der Waals surface area contributed by atoms with Crippen LogP contribution in [0.2, 0.25) is 0 Å². The fourth-order valence-electron chi connectivity index (χ4n) is 2.77. The average Bonchev–Trinajstić information content (AvgIpc) is 2.40. The van der Waals surface area contributed by atoms with E-state index in [0.29, 0.717) is 11.7 Å². The highest BCUT2D eigenvalue weighted by Crippen LogP contribution is 2.33. The van der Waals surface area contributed by atoms with E-state index in [1.165, 1.54) is 32.1 Å². The number of aromatic nitrogens is 1. The topological polar surface area (TPSA) is 33.1 Å². The molecule has 1 aliphatic rings. The molecule has 2 aromatic rings. The Hall–Kier alpha value is -1.57. The fourth-order valence-corrected chi connectivity index (χ4v) is 2.77. The molecule has 88 valence electrons. The van der Waals surface area contributed by atoms with Crippen LogP contribution in [0, 0.1) is 0 Å². The van der Waals surface area contributed by atoms with Crippen molar-refractivity contribution >= 4 is 10.9 Å². The monoisotopic (exact) mass is 227 g/mol. The molecule has 3 rings (SSSR count). The van der Waals surface area contributed by atoms with Crippen LogP contribution in [0.5, 0.6) is 5.75 Å². The van der Waals surface area contributed by atoms with Gasteiger partial charge in [-0.2, -0.15) is 0 Å². The van der Waals surface area contributed by atoms with Crippen molar-refractivity contribution < 1.29 is 5.11 Å². The molecule has 0 spiro atoms. The van der Waals surface area contributed by atoms with Crippen molar-refractivity contribution in [1.82, 2.24) is 4.98 Å². The van der Waals surface area contributed by atoms with Crippen molar-refractivity contribution in [3.63, 3.8) is 0 Å². The molecule has 1 heterocycles. The van der Waals surface area contributed by atoms with Gasteiger partial charge in [-0.25, -0.2) is 4.98 Å². The Bertz CT molecular complexity index is 529. The third kappa shape index (κ3) is 1.99. The van der Waals surface area contributed by atoms with Crippen molar-refractivity contribution in [2.24, 2.45) is 0 Å². The predicted octanol–water partition coefficient (Wildman–Crippen LogP) is 3.99. The van der Waals surface area contributed by atoms with Crippen LogP contribution >= 0.6 is 0 Å². The molecule has 2 nitrogen and oxygen atoms in total. The first-order chi connectivity index (χ1) is 8.34. The van der Waals surface area contributed by atoms with Crippen LogP contribution in [0.3, 0.4) is 0 Å². The molecule has 0 atom stereocenters. The summed E-state index contributed by atoms with van der Waals surface area (Å²) in [7, 11) is 0. The van der Waals surface area contributed by atoms with E-state index < -0.39 is 0 Å². The van der Waals surface area contributed by atoms with E-state index in [1.54, 1.807) is 6.07 Å². The summed E-state index contributed by atoms with van der Waals surface area (Å²) < 4.78 is 0. The molecule has 0 amide bonds. The van der Waals surface area contributed by atoms with Gasteiger partial charge in [-0.1, -0.05) is 37.5 Å². The smallest absolute Gasteiger partial charge is 0.141 e. The fraction of sp³-hybridized carbons (Fsp3) is 0.400. The molecular formula is C15H17NO. The van der Waals surface area contributed by atoms with Gasteiger partial charge in [0.15, 0.2) is 0 Å². The van der Waals surface area contributed by atoms with Gasteiger partial charge in [-0.3, -0.25) is 0 Å². The standard InChI is InChI=1S/C15H17NO/c17-14-8-4-7-12-9-10-13(16-15(12)14)11-5-2-1-3-6-11/h4,7-11,17H,1-3,5-6H2. The van der Waals surface area contributed by atoms with Crippen molar-refractivity contribution in [2.45, 2.75) is 38.0 Å². The number of phenols is 1. The van der Waals surface area contributed by atoms with Crippen LogP contribution in [0.4, 0.5) is 0 Å². The number of rotatable bonds is 1.